The van der Waals surface area contributed by atoms with Crippen LogP contribution in [0, 0.1) is 20.8 Å². The molecule has 0 atom stereocenters. The molecule has 6 heteroatoms. The minimum absolute atomic E-state index is 0.134. The largest absolute Gasteiger partial charge is 0.493 e. The number of carbonyl (C=O) groups is 1. The lowest BCUT2D eigenvalue weighted by atomic mass is 10.1. The van der Waals surface area contributed by atoms with Gasteiger partial charge in [-0.25, -0.2) is 0 Å². The predicted octanol–water partition coefficient (Wildman–Crippen LogP) is 3.80. The number of ether oxygens (including phenoxy) is 2. The number of hydrogen-bond acceptors (Lipinski definition) is 4. The highest BCUT2D eigenvalue weighted by Gasteiger charge is 2.18. The van der Waals surface area contributed by atoms with Crippen LogP contribution in [0.15, 0.2) is 42.5 Å². The van der Waals surface area contributed by atoms with Gasteiger partial charge in [-0.2, -0.15) is 5.10 Å². The molecule has 0 bridgehead atoms. The zero-order valence-electron chi connectivity index (χ0n) is 17.6. The van der Waals surface area contributed by atoms with Gasteiger partial charge in [-0.05, 0) is 44.0 Å². The van der Waals surface area contributed by atoms with Gasteiger partial charge in [-0.15, -0.1) is 0 Å². The van der Waals surface area contributed by atoms with Gasteiger partial charge >= 0.3 is 0 Å². The Hall–Kier alpha value is -3.28. The Kier molecular flexibility index (Phi) is 6.22. The molecule has 6 nitrogen and oxygen atoms in total. The highest BCUT2D eigenvalue weighted by atomic mass is 16.5. The lowest BCUT2D eigenvalue weighted by molar-refractivity contribution is 0.0949. The maximum Gasteiger partial charge on any atom is 0.255 e. The van der Waals surface area contributed by atoms with E-state index < -0.39 is 0 Å². The Morgan fingerprint density at radius 1 is 0.966 bits per heavy atom. The summed E-state index contributed by atoms with van der Waals surface area (Å²) in [4.78, 5) is 12.8. The summed E-state index contributed by atoms with van der Waals surface area (Å²) in [6.45, 7) is 6.88. The summed E-state index contributed by atoms with van der Waals surface area (Å²) in [6.07, 6.45) is 0. The third-order valence-corrected chi connectivity index (χ3v) is 4.96. The molecule has 1 heterocycles. The molecule has 0 aliphatic heterocycles. The van der Waals surface area contributed by atoms with Crippen molar-refractivity contribution in [3.63, 3.8) is 0 Å². The Morgan fingerprint density at radius 3 is 2.28 bits per heavy atom. The average Bonchev–Trinajstić information content (AvgIpc) is 3.00. The molecule has 0 radical (unpaired) electrons. The number of nitrogens with zero attached hydrogens (tertiary/aromatic N) is 2. The van der Waals surface area contributed by atoms with Gasteiger partial charge in [0.25, 0.3) is 5.91 Å². The van der Waals surface area contributed by atoms with E-state index in [2.05, 4.69) is 41.6 Å². The van der Waals surface area contributed by atoms with Crippen molar-refractivity contribution in [2.24, 2.45) is 0 Å². The fourth-order valence-corrected chi connectivity index (χ4v) is 3.31. The van der Waals surface area contributed by atoms with Crippen LogP contribution >= 0.6 is 0 Å². The van der Waals surface area contributed by atoms with E-state index in [4.69, 9.17) is 9.47 Å². The molecule has 2 aromatic carbocycles. The van der Waals surface area contributed by atoms with Crippen molar-refractivity contribution in [1.29, 1.82) is 0 Å². The van der Waals surface area contributed by atoms with Crippen molar-refractivity contribution in [2.45, 2.75) is 33.9 Å². The maximum absolute atomic E-state index is 12.8. The quantitative estimate of drug-likeness (QED) is 0.663. The molecule has 3 aromatic rings. The Morgan fingerprint density at radius 2 is 1.62 bits per heavy atom. The summed E-state index contributed by atoms with van der Waals surface area (Å²) in [5.41, 5.74) is 5.50. The number of methoxy groups -OCH3 is 2. The van der Waals surface area contributed by atoms with E-state index in [1.165, 1.54) is 5.56 Å². The van der Waals surface area contributed by atoms with Crippen molar-refractivity contribution >= 4 is 5.91 Å². The zero-order chi connectivity index (χ0) is 21.0. The summed E-state index contributed by atoms with van der Waals surface area (Å²) in [5.74, 6) is 1.16. The molecule has 1 N–H and O–H groups in total. The Balaban J connectivity index is 1.72. The minimum atomic E-state index is -0.134. The van der Waals surface area contributed by atoms with Crippen molar-refractivity contribution in [3.05, 3.63) is 76.1 Å². The lowest BCUT2D eigenvalue weighted by Crippen LogP contribution is -2.24. The number of hydrogen-bond donors (Lipinski definition) is 1. The van der Waals surface area contributed by atoms with Gasteiger partial charge in [0.2, 0.25) is 0 Å². The van der Waals surface area contributed by atoms with Gasteiger partial charge < -0.3 is 14.8 Å². The lowest BCUT2D eigenvalue weighted by Gasteiger charge is -2.11. The van der Waals surface area contributed by atoms with E-state index in [0.29, 0.717) is 30.2 Å². The van der Waals surface area contributed by atoms with E-state index in [9.17, 15) is 4.79 Å². The molecule has 0 fully saturated rings. The van der Waals surface area contributed by atoms with E-state index in [1.807, 2.05) is 36.7 Å². The SMILES string of the molecule is COc1ccc(CNC(=O)c2c(C)nn(Cc3ccc(C)cc3)c2C)cc1OC. The average molecular weight is 393 g/mol. The fourth-order valence-electron chi connectivity index (χ4n) is 3.31. The maximum atomic E-state index is 12.8. The van der Waals surface area contributed by atoms with Crippen molar-refractivity contribution in [3.8, 4) is 11.5 Å². The van der Waals surface area contributed by atoms with E-state index in [-0.39, 0.29) is 5.91 Å². The second-order valence-corrected chi connectivity index (χ2v) is 7.06. The van der Waals surface area contributed by atoms with Crippen molar-refractivity contribution < 1.29 is 14.3 Å². The predicted molar refractivity (Wildman–Crippen MR) is 113 cm³/mol. The molecule has 0 spiro atoms. The highest BCUT2D eigenvalue weighted by Crippen LogP contribution is 2.27. The minimum Gasteiger partial charge on any atom is -0.493 e. The van der Waals surface area contributed by atoms with Gasteiger partial charge in [0.05, 0.1) is 32.0 Å². The monoisotopic (exact) mass is 393 g/mol. The highest BCUT2D eigenvalue weighted by molar-refractivity contribution is 5.96. The standard InChI is InChI=1S/C23H27N3O3/c1-15-6-8-18(9-7-15)14-26-17(3)22(16(2)25-26)23(27)24-13-19-10-11-20(28-4)21(12-19)29-5/h6-12H,13-14H2,1-5H3,(H,24,27). The molecule has 0 unspecified atom stereocenters. The van der Waals surface area contributed by atoms with Crippen LogP contribution in [-0.2, 0) is 13.1 Å². The molecule has 0 aliphatic rings. The number of rotatable bonds is 7. The molecule has 1 aromatic heterocycles. The first-order valence-electron chi connectivity index (χ1n) is 9.51. The van der Waals surface area contributed by atoms with Crippen LogP contribution in [0.4, 0.5) is 0 Å². The summed E-state index contributed by atoms with van der Waals surface area (Å²) in [7, 11) is 3.19. The third kappa shape index (κ3) is 4.59. The van der Waals surface area contributed by atoms with Gasteiger partial charge in [0.15, 0.2) is 11.5 Å². The number of aryl methyl sites for hydroxylation is 2. The number of amides is 1. The number of nitrogens with one attached hydrogen (secondary N) is 1. The molecule has 3 rings (SSSR count). The zero-order valence-corrected chi connectivity index (χ0v) is 17.6. The fraction of sp³-hybridized carbons (Fsp3) is 0.304. The normalized spacial score (nSPS) is 10.7. The number of carbonyl (C=O) groups excluding carboxylic acids is 1. The van der Waals surface area contributed by atoms with Crippen molar-refractivity contribution in [2.75, 3.05) is 14.2 Å². The molecule has 0 aliphatic carbocycles. The van der Waals surface area contributed by atoms with Gasteiger partial charge in [0.1, 0.15) is 0 Å². The van der Waals surface area contributed by atoms with Gasteiger partial charge in [0, 0.05) is 12.2 Å². The number of benzene rings is 2. The Labute approximate surface area is 171 Å². The molecular formula is C23H27N3O3. The summed E-state index contributed by atoms with van der Waals surface area (Å²) >= 11 is 0. The summed E-state index contributed by atoms with van der Waals surface area (Å²) in [6, 6.07) is 13.9. The summed E-state index contributed by atoms with van der Waals surface area (Å²) in [5, 5.41) is 7.56. The Bertz CT molecular complexity index is 1010. The molecule has 1 amide bonds. The van der Waals surface area contributed by atoms with Crippen LogP contribution in [0.3, 0.4) is 0 Å². The second-order valence-electron chi connectivity index (χ2n) is 7.06. The van der Waals surface area contributed by atoms with Crippen LogP contribution in [0.1, 0.15) is 38.4 Å². The van der Waals surface area contributed by atoms with Crippen LogP contribution in [-0.4, -0.2) is 29.9 Å². The van der Waals surface area contributed by atoms with Crippen LogP contribution in [0.25, 0.3) is 0 Å². The van der Waals surface area contributed by atoms with E-state index >= 15 is 0 Å². The first-order valence-corrected chi connectivity index (χ1v) is 9.51. The van der Waals surface area contributed by atoms with Gasteiger partial charge in [-0.3, -0.25) is 9.48 Å². The van der Waals surface area contributed by atoms with E-state index in [0.717, 1.165) is 22.5 Å². The molecule has 152 valence electrons. The molecule has 0 saturated carbocycles. The molecule has 0 saturated heterocycles. The van der Waals surface area contributed by atoms with Gasteiger partial charge in [-0.1, -0.05) is 35.9 Å². The number of aromatic nitrogens is 2. The smallest absolute Gasteiger partial charge is 0.255 e. The first kappa shape index (κ1) is 20.5. The van der Waals surface area contributed by atoms with Crippen LogP contribution in [0.2, 0.25) is 0 Å². The topological polar surface area (TPSA) is 65.4 Å². The molecule has 29 heavy (non-hydrogen) atoms. The van der Waals surface area contributed by atoms with Crippen LogP contribution in [0.5, 0.6) is 11.5 Å². The summed E-state index contributed by atoms with van der Waals surface area (Å²) < 4.78 is 12.5. The van der Waals surface area contributed by atoms with Crippen molar-refractivity contribution in [1.82, 2.24) is 15.1 Å². The molecular weight excluding hydrogens is 366 g/mol. The van der Waals surface area contributed by atoms with Crippen LogP contribution < -0.4 is 14.8 Å². The first-order chi connectivity index (χ1) is 13.9. The third-order valence-electron chi connectivity index (χ3n) is 4.96. The second kappa shape index (κ2) is 8.82. The van der Waals surface area contributed by atoms with E-state index in [1.54, 1.807) is 14.2 Å².